The Bertz CT molecular complexity index is 335. The van der Waals surface area contributed by atoms with E-state index in [-0.39, 0.29) is 0 Å². The highest BCUT2D eigenvalue weighted by molar-refractivity contribution is 9.10. The van der Waals surface area contributed by atoms with Crippen LogP contribution in [0.25, 0.3) is 0 Å². The number of nitrogens with two attached hydrogens (primary N) is 1. The molecule has 0 aromatic heterocycles. The zero-order valence-corrected chi connectivity index (χ0v) is 11.9. The first kappa shape index (κ1) is 13.5. The summed E-state index contributed by atoms with van der Waals surface area (Å²) in [5, 5.41) is 0. The zero-order valence-electron chi connectivity index (χ0n) is 10.3. The van der Waals surface area contributed by atoms with Crippen molar-refractivity contribution in [3.63, 3.8) is 0 Å². The second-order valence-corrected chi connectivity index (χ2v) is 4.97. The van der Waals surface area contributed by atoms with E-state index < -0.39 is 0 Å². The minimum atomic E-state index is 0.583. The third kappa shape index (κ3) is 2.98. The molecule has 1 rings (SSSR count). The predicted octanol–water partition coefficient (Wildman–Crippen LogP) is 3.53. The molecule has 16 heavy (non-hydrogen) atoms. The predicted molar refractivity (Wildman–Crippen MR) is 74.8 cm³/mol. The van der Waals surface area contributed by atoms with Crippen molar-refractivity contribution in [2.24, 2.45) is 5.73 Å². The van der Waals surface area contributed by atoms with E-state index in [0.717, 1.165) is 17.3 Å². The van der Waals surface area contributed by atoms with Crippen molar-refractivity contribution in [3.8, 4) is 0 Å². The van der Waals surface area contributed by atoms with E-state index in [1.807, 2.05) is 0 Å². The van der Waals surface area contributed by atoms with E-state index in [1.54, 1.807) is 0 Å². The summed E-state index contributed by atoms with van der Waals surface area (Å²) in [5.74, 6) is 0. The molecule has 0 saturated heterocycles. The standard InChI is InChI=1S/C13H21BrN2/c1-4-12(5-2)16(3)13-7-6-11(14)8-10(13)9-15/h6-8,12H,4-5,9,15H2,1-3H3. The Morgan fingerprint density at radius 3 is 2.44 bits per heavy atom. The second kappa shape index (κ2) is 6.26. The van der Waals surface area contributed by atoms with Crippen LogP contribution in [0.2, 0.25) is 0 Å². The van der Waals surface area contributed by atoms with Crippen molar-refractivity contribution < 1.29 is 0 Å². The summed E-state index contributed by atoms with van der Waals surface area (Å²) in [5.41, 5.74) is 8.24. The highest BCUT2D eigenvalue weighted by atomic mass is 79.9. The van der Waals surface area contributed by atoms with Gasteiger partial charge in [0.15, 0.2) is 0 Å². The molecule has 0 aliphatic rings. The Hall–Kier alpha value is -0.540. The second-order valence-electron chi connectivity index (χ2n) is 4.06. The van der Waals surface area contributed by atoms with Gasteiger partial charge in [-0.1, -0.05) is 29.8 Å². The van der Waals surface area contributed by atoms with Gasteiger partial charge in [0, 0.05) is 29.8 Å². The highest BCUT2D eigenvalue weighted by Crippen LogP contribution is 2.26. The molecule has 0 atom stereocenters. The van der Waals surface area contributed by atoms with Gasteiger partial charge in [-0.05, 0) is 36.6 Å². The van der Waals surface area contributed by atoms with Gasteiger partial charge in [0.25, 0.3) is 0 Å². The lowest BCUT2D eigenvalue weighted by atomic mass is 10.1. The van der Waals surface area contributed by atoms with Gasteiger partial charge in [0.2, 0.25) is 0 Å². The Balaban J connectivity index is 3.02. The lowest BCUT2D eigenvalue weighted by Gasteiger charge is -2.30. The lowest BCUT2D eigenvalue weighted by molar-refractivity contribution is 0.590. The average Bonchev–Trinajstić information content (AvgIpc) is 2.30. The molecular formula is C13H21BrN2. The summed E-state index contributed by atoms with van der Waals surface area (Å²) >= 11 is 3.48. The fraction of sp³-hybridized carbons (Fsp3) is 0.538. The van der Waals surface area contributed by atoms with Crippen LogP contribution in [0.1, 0.15) is 32.3 Å². The minimum Gasteiger partial charge on any atom is -0.371 e. The van der Waals surface area contributed by atoms with Crippen LogP contribution in [0.15, 0.2) is 22.7 Å². The van der Waals surface area contributed by atoms with Gasteiger partial charge in [-0.15, -0.1) is 0 Å². The van der Waals surface area contributed by atoms with Crippen LogP contribution >= 0.6 is 15.9 Å². The Labute approximate surface area is 107 Å². The van der Waals surface area contributed by atoms with Gasteiger partial charge >= 0.3 is 0 Å². The number of halogens is 1. The third-order valence-electron chi connectivity index (χ3n) is 3.13. The lowest BCUT2D eigenvalue weighted by Crippen LogP contribution is -2.31. The monoisotopic (exact) mass is 284 g/mol. The number of hydrogen-bond donors (Lipinski definition) is 1. The number of benzene rings is 1. The largest absolute Gasteiger partial charge is 0.371 e. The van der Waals surface area contributed by atoms with E-state index in [4.69, 9.17) is 5.73 Å². The molecule has 0 radical (unpaired) electrons. The van der Waals surface area contributed by atoms with Gasteiger partial charge in [-0.2, -0.15) is 0 Å². The summed E-state index contributed by atoms with van der Waals surface area (Å²) in [6, 6.07) is 6.91. The van der Waals surface area contributed by atoms with Gasteiger partial charge in [-0.25, -0.2) is 0 Å². The molecule has 0 unspecified atom stereocenters. The SMILES string of the molecule is CCC(CC)N(C)c1ccc(Br)cc1CN. The highest BCUT2D eigenvalue weighted by Gasteiger charge is 2.13. The Morgan fingerprint density at radius 1 is 1.31 bits per heavy atom. The molecule has 1 aromatic carbocycles. The summed E-state index contributed by atoms with van der Waals surface area (Å²) in [6.07, 6.45) is 2.32. The number of hydrogen-bond acceptors (Lipinski definition) is 2. The van der Waals surface area contributed by atoms with Crippen molar-refractivity contribution in [2.45, 2.75) is 39.3 Å². The first-order valence-electron chi connectivity index (χ1n) is 5.85. The molecule has 0 amide bonds. The van der Waals surface area contributed by atoms with Crippen molar-refractivity contribution >= 4 is 21.6 Å². The van der Waals surface area contributed by atoms with Gasteiger partial charge < -0.3 is 10.6 Å². The molecule has 0 bridgehead atoms. The summed E-state index contributed by atoms with van der Waals surface area (Å²) in [7, 11) is 2.15. The maximum atomic E-state index is 5.79. The summed E-state index contributed by atoms with van der Waals surface area (Å²) < 4.78 is 1.09. The van der Waals surface area contributed by atoms with Crippen LogP contribution in [0.5, 0.6) is 0 Å². The molecule has 2 N–H and O–H groups in total. The molecule has 0 fully saturated rings. The van der Waals surface area contributed by atoms with E-state index in [2.05, 4.69) is 59.9 Å². The number of anilines is 1. The van der Waals surface area contributed by atoms with E-state index in [1.165, 1.54) is 11.3 Å². The van der Waals surface area contributed by atoms with Crippen LogP contribution in [-0.2, 0) is 6.54 Å². The maximum Gasteiger partial charge on any atom is 0.0412 e. The van der Waals surface area contributed by atoms with Crippen LogP contribution in [0, 0.1) is 0 Å². The first-order valence-corrected chi connectivity index (χ1v) is 6.64. The average molecular weight is 285 g/mol. The van der Waals surface area contributed by atoms with Crippen LogP contribution < -0.4 is 10.6 Å². The smallest absolute Gasteiger partial charge is 0.0412 e. The van der Waals surface area contributed by atoms with E-state index >= 15 is 0 Å². The fourth-order valence-electron chi connectivity index (χ4n) is 2.09. The van der Waals surface area contributed by atoms with Gasteiger partial charge in [0.1, 0.15) is 0 Å². The van der Waals surface area contributed by atoms with E-state index in [0.29, 0.717) is 12.6 Å². The molecule has 0 saturated carbocycles. The van der Waals surface area contributed by atoms with Crippen LogP contribution in [0.4, 0.5) is 5.69 Å². The third-order valence-corrected chi connectivity index (χ3v) is 3.62. The van der Waals surface area contributed by atoms with Crippen molar-refractivity contribution in [1.29, 1.82) is 0 Å². The summed E-state index contributed by atoms with van der Waals surface area (Å²) in [4.78, 5) is 2.34. The Kier molecular flexibility index (Phi) is 5.29. The zero-order chi connectivity index (χ0) is 12.1. The number of nitrogens with zero attached hydrogens (tertiary/aromatic N) is 1. The minimum absolute atomic E-state index is 0.583. The molecule has 0 aliphatic heterocycles. The Morgan fingerprint density at radius 2 is 1.94 bits per heavy atom. The maximum absolute atomic E-state index is 5.79. The topological polar surface area (TPSA) is 29.3 Å². The molecule has 3 heteroatoms. The van der Waals surface area contributed by atoms with Gasteiger partial charge in [-0.3, -0.25) is 0 Å². The normalized spacial score (nSPS) is 10.9. The quantitative estimate of drug-likeness (QED) is 0.896. The summed E-state index contributed by atoms with van der Waals surface area (Å²) in [6.45, 7) is 5.04. The van der Waals surface area contributed by atoms with Crippen molar-refractivity contribution in [3.05, 3.63) is 28.2 Å². The molecule has 0 aliphatic carbocycles. The van der Waals surface area contributed by atoms with Crippen molar-refractivity contribution in [2.75, 3.05) is 11.9 Å². The molecule has 2 nitrogen and oxygen atoms in total. The first-order chi connectivity index (χ1) is 7.63. The molecule has 1 aromatic rings. The molecule has 0 spiro atoms. The van der Waals surface area contributed by atoms with Crippen LogP contribution in [0.3, 0.4) is 0 Å². The fourth-order valence-corrected chi connectivity index (χ4v) is 2.50. The van der Waals surface area contributed by atoms with Crippen molar-refractivity contribution in [1.82, 2.24) is 0 Å². The molecular weight excluding hydrogens is 264 g/mol. The van der Waals surface area contributed by atoms with Crippen LogP contribution in [-0.4, -0.2) is 13.1 Å². The van der Waals surface area contributed by atoms with Gasteiger partial charge in [0.05, 0.1) is 0 Å². The number of rotatable bonds is 5. The molecule has 0 heterocycles. The van der Waals surface area contributed by atoms with E-state index in [9.17, 15) is 0 Å². The molecule has 90 valence electrons.